The molecule has 2 aliphatic rings. The third kappa shape index (κ3) is 3.12. The maximum atomic E-state index is 12.6. The van der Waals surface area contributed by atoms with Crippen molar-refractivity contribution in [2.45, 2.75) is 18.4 Å². The Bertz CT molecular complexity index is 745. The fraction of sp³-hybridized carbons (Fsp3) is 0.368. The second kappa shape index (κ2) is 6.27. The van der Waals surface area contributed by atoms with Gasteiger partial charge in [-0.25, -0.2) is 4.79 Å². The van der Waals surface area contributed by atoms with E-state index in [0.29, 0.717) is 31.9 Å². The monoisotopic (exact) mass is 339 g/mol. The summed E-state index contributed by atoms with van der Waals surface area (Å²) in [5.41, 5.74) is 0.953. The van der Waals surface area contributed by atoms with Crippen molar-refractivity contribution in [2.24, 2.45) is 0 Å². The molecule has 6 nitrogen and oxygen atoms in total. The Labute approximate surface area is 146 Å². The molecular formula is C19H21N3O3. The number of carbonyl (C=O) groups is 2. The maximum Gasteiger partial charge on any atom is 0.318 e. The lowest BCUT2D eigenvalue weighted by atomic mass is 10.1. The topological polar surface area (TPSA) is 65.8 Å². The summed E-state index contributed by atoms with van der Waals surface area (Å²) in [6.07, 6.45) is 3.44. The lowest BCUT2D eigenvalue weighted by Gasteiger charge is -2.35. The number of rotatable bonds is 3. The van der Waals surface area contributed by atoms with Crippen LogP contribution in [0, 0.1) is 0 Å². The first kappa shape index (κ1) is 15.7. The Kier molecular flexibility index (Phi) is 3.95. The second-order valence-electron chi connectivity index (χ2n) is 6.63. The SMILES string of the molecule is O=C(NC1(c2ccccc2)CC1)N1CCN(C(=O)c2ccco2)CC1. The number of nitrogens with zero attached hydrogens (tertiary/aromatic N) is 2. The highest BCUT2D eigenvalue weighted by molar-refractivity contribution is 5.91. The van der Waals surface area contributed by atoms with Crippen LogP contribution in [0.2, 0.25) is 0 Å². The van der Waals surface area contributed by atoms with E-state index in [1.165, 1.54) is 6.26 Å². The van der Waals surface area contributed by atoms with E-state index in [-0.39, 0.29) is 17.5 Å². The summed E-state index contributed by atoms with van der Waals surface area (Å²) in [7, 11) is 0. The Hall–Kier alpha value is -2.76. The number of amides is 3. The summed E-state index contributed by atoms with van der Waals surface area (Å²) < 4.78 is 5.16. The van der Waals surface area contributed by atoms with Gasteiger partial charge in [-0.3, -0.25) is 4.79 Å². The summed E-state index contributed by atoms with van der Waals surface area (Å²) in [4.78, 5) is 28.4. The molecule has 25 heavy (non-hydrogen) atoms. The van der Waals surface area contributed by atoms with Crippen molar-refractivity contribution in [3.63, 3.8) is 0 Å². The van der Waals surface area contributed by atoms with Gasteiger partial charge >= 0.3 is 6.03 Å². The van der Waals surface area contributed by atoms with Gasteiger partial charge in [-0.2, -0.15) is 0 Å². The molecule has 4 rings (SSSR count). The van der Waals surface area contributed by atoms with Crippen molar-refractivity contribution in [3.05, 3.63) is 60.1 Å². The van der Waals surface area contributed by atoms with Gasteiger partial charge in [-0.1, -0.05) is 30.3 Å². The van der Waals surface area contributed by atoms with E-state index in [9.17, 15) is 9.59 Å². The van der Waals surface area contributed by atoms with Crippen LogP contribution in [0.5, 0.6) is 0 Å². The Morgan fingerprint density at radius 1 is 0.920 bits per heavy atom. The first-order valence-corrected chi connectivity index (χ1v) is 8.63. The van der Waals surface area contributed by atoms with Crippen LogP contribution in [0.3, 0.4) is 0 Å². The summed E-state index contributed by atoms with van der Waals surface area (Å²) in [6.45, 7) is 2.10. The lowest BCUT2D eigenvalue weighted by molar-refractivity contribution is 0.0632. The van der Waals surface area contributed by atoms with E-state index in [4.69, 9.17) is 4.42 Å². The standard InChI is InChI=1S/C19H21N3O3/c23-17(16-7-4-14-25-16)21-10-12-22(13-11-21)18(24)20-19(8-9-19)15-5-2-1-3-6-15/h1-7,14H,8-13H2,(H,20,24). The second-order valence-corrected chi connectivity index (χ2v) is 6.63. The van der Waals surface area contributed by atoms with E-state index in [0.717, 1.165) is 18.4 Å². The molecule has 0 unspecified atom stereocenters. The molecule has 1 aromatic carbocycles. The number of hydrogen-bond donors (Lipinski definition) is 1. The average Bonchev–Trinajstić information content (AvgIpc) is 3.23. The smallest absolute Gasteiger partial charge is 0.318 e. The molecule has 0 bridgehead atoms. The molecule has 1 aromatic heterocycles. The summed E-state index contributed by atoms with van der Waals surface area (Å²) in [5.74, 6) is 0.229. The highest BCUT2D eigenvalue weighted by Gasteiger charge is 2.46. The molecule has 0 radical (unpaired) electrons. The average molecular weight is 339 g/mol. The predicted molar refractivity (Wildman–Crippen MR) is 92.1 cm³/mol. The number of benzene rings is 1. The number of carbonyl (C=O) groups excluding carboxylic acids is 2. The maximum absolute atomic E-state index is 12.6. The van der Waals surface area contributed by atoms with Gasteiger partial charge in [-0.15, -0.1) is 0 Å². The van der Waals surface area contributed by atoms with Gasteiger partial charge in [0, 0.05) is 26.2 Å². The molecule has 0 atom stereocenters. The van der Waals surface area contributed by atoms with Gasteiger partial charge in [-0.05, 0) is 30.5 Å². The number of piperazine rings is 1. The van der Waals surface area contributed by atoms with E-state index in [1.54, 1.807) is 21.9 Å². The molecule has 2 fully saturated rings. The van der Waals surface area contributed by atoms with Crippen molar-refractivity contribution in [3.8, 4) is 0 Å². The molecule has 2 heterocycles. The minimum absolute atomic E-state index is 0.0496. The fourth-order valence-electron chi connectivity index (χ4n) is 3.32. The molecule has 1 saturated heterocycles. The molecule has 1 N–H and O–H groups in total. The summed E-state index contributed by atoms with van der Waals surface area (Å²) in [5, 5.41) is 3.19. The van der Waals surface area contributed by atoms with Crippen molar-refractivity contribution in [1.29, 1.82) is 0 Å². The van der Waals surface area contributed by atoms with Crippen LogP contribution in [0.1, 0.15) is 29.0 Å². The minimum atomic E-state index is -0.209. The number of furan rings is 1. The fourth-order valence-corrected chi connectivity index (χ4v) is 3.32. The van der Waals surface area contributed by atoms with E-state index < -0.39 is 0 Å². The third-order valence-corrected chi connectivity index (χ3v) is 5.01. The number of hydrogen-bond acceptors (Lipinski definition) is 3. The van der Waals surface area contributed by atoms with Crippen molar-refractivity contribution < 1.29 is 14.0 Å². The Balaban J connectivity index is 1.34. The molecule has 2 aromatic rings. The van der Waals surface area contributed by atoms with Crippen LogP contribution >= 0.6 is 0 Å². The molecular weight excluding hydrogens is 318 g/mol. The molecule has 1 saturated carbocycles. The highest BCUT2D eigenvalue weighted by atomic mass is 16.3. The molecule has 6 heteroatoms. The molecule has 130 valence electrons. The quantitative estimate of drug-likeness (QED) is 0.934. The third-order valence-electron chi connectivity index (χ3n) is 5.01. The number of nitrogens with one attached hydrogen (secondary N) is 1. The lowest BCUT2D eigenvalue weighted by Crippen LogP contribution is -2.54. The van der Waals surface area contributed by atoms with Crippen LogP contribution in [-0.2, 0) is 5.54 Å². The van der Waals surface area contributed by atoms with Gasteiger partial charge in [0.25, 0.3) is 5.91 Å². The van der Waals surface area contributed by atoms with Crippen LogP contribution in [0.4, 0.5) is 4.79 Å². The predicted octanol–water partition coefficient (Wildman–Crippen LogP) is 2.44. The first-order chi connectivity index (χ1) is 12.2. The van der Waals surface area contributed by atoms with E-state index >= 15 is 0 Å². The normalized spacial score (nSPS) is 18.7. The zero-order chi connectivity index (χ0) is 17.3. The summed E-state index contributed by atoms with van der Waals surface area (Å²) in [6, 6.07) is 13.4. The Morgan fingerprint density at radius 3 is 2.20 bits per heavy atom. The molecule has 1 aliphatic carbocycles. The van der Waals surface area contributed by atoms with Gasteiger partial charge in [0.2, 0.25) is 0 Å². The minimum Gasteiger partial charge on any atom is -0.459 e. The summed E-state index contributed by atoms with van der Waals surface area (Å²) >= 11 is 0. The number of urea groups is 1. The zero-order valence-corrected chi connectivity index (χ0v) is 14.0. The van der Waals surface area contributed by atoms with Crippen LogP contribution < -0.4 is 5.32 Å². The van der Waals surface area contributed by atoms with Crippen LogP contribution in [-0.4, -0.2) is 47.9 Å². The molecule has 0 spiro atoms. The molecule has 3 amide bonds. The van der Waals surface area contributed by atoms with Crippen molar-refractivity contribution >= 4 is 11.9 Å². The van der Waals surface area contributed by atoms with Gasteiger partial charge in [0.05, 0.1) is 11.8 Å². The van der Waals surface area contributed by atoms with Gasteiger partial charge in [0.15, 0.2) is 5.76 Å². The van der Waals surface area contributed by atoms with E-state index in [1.807, 2.05) is 18.2 Å². The first-order valence-electron chi connectivity index (χ1n) is 8.63. The van der Waals surface area contributed by atoms with Crippen LogP contribution in [0.25, 0.3) is 0 Å². The Morgan fingerprint density at radius 2 is 1.60 bits per heavy atom. The van der Waals surface area contributed by atoms with Crippen molar-refractivity contribution in [2.75, 3.05) is 26.2 Å². The van der Waals surface area contributed by atoms with E-state index in [2.05, 4.69) is 17.4 Å². The van der Waals surface area contributed by atoms with Crippen LogP contribution in [0.15, 0.2) is 53.1 Å². The van der Waals surface area contributed by atoms with Crippen molar-refractivity contribution in [1.82, 2.24) is 15.1 Å². The van der Waals surface area contributed by atoms with Gasteiger partial charge < -0.3 is 19.5 Å². The zero-order valence-electron chi connectivity index (χ0n) is 14.0. The highest BCUT2D eigenvalue weighted by Crippen LogP contribution is 2.45. The molecule has 1 aliphatic heterocycles. The van der Waals surface area contributed by atoms with Gasteiger partial charge in [0.1, 0.15) is 0 Å². The largest absolute Gasteiger partial charge is 0.459 e.